The summed E-state index contributed by atoms with van der Waals surface area (Å²) in [4.78, 5) is 14.9. The van der Waals surface area contributed by atoms with Gasteiger partial charge >= 0.3 is 0 Å². The zero-order valence-corrected chi connectivity index (χ0v) is 31.3. The minimum absolute atomic E-state index is 0.0578. The van der Waals surface area contributed by atoms with Gasteiger partial charge in [0.2, 0.25) is 0 Å². The molecule has 1 spiro atoms. The lowest BCUT2D eigenvalue weighted by Gasteiger charge is -2.55. The fourth-order valence-electron chi connectivity index (χ4n) is 10.7. The minimum Gasteiger partial charge on any atom is -0.208 e. The van der Waals surface area contributed by atoms with E-state index in [-0.39, 0.29) is 5.41 Å². The summed E-state index contributed by atoms with van der Waals surface area (Å²) in [6, 6.07) is 53.7. The van der Waals surface area contributed by atoms with Crippen LogP contribution in [0.5, 0.6) is 0 Å². The van der Waals surface area contributed by atoms with Gasteiger partial charge in [0.1, 0.15) is 0 Å². The Morgan fingerprint density at radius 1 is 0.509 bits per heavy atom. The van der Waals surface area contributed by atoms with Crippen molar-refractivity contribution in [3.8, 4) is 73.6 Å². The molecule has 1 aromatic heterocycles. The SMILES string of the molecule is CC1CC2CC(C)C3(c4ccc(-c5ccc(C#N)cc5)cc4-c4cccc(-c5ccc(-c6nc(-c7ccccc7)nc(-c7ccccc7)n6)cc5)c43)C(C1)C2. The van der Waals surface area contributed by atoms with Gasteiger partial charge in [-0.2, -0.15) is 5.26 Å². The number of nitrogens with zero attached hydrogens (tertiary/aromatic N) is 4. The molecule has 6 aromatic carbocycles. The molecule has 55 heavy (non-hydrogen) atoms. The summed E-state index contributed by atoms with van der Waals surface area (Å²) in [5.74, 6) is 4.63. The second-order valence-corrected chi connectivity index (χ2v) is 16.2. The van der Waals surface area contributed by atoms with E-state index in [1.165, 1.54) is 64.6 Å². The van der Waals surface area contributed by atoms with Crippen molar-refractivity contribution in [3.63, 3.8) is 0 Å². The molecule has 0 N–H and O–H groups in total. The van der Waals surface area contributed by atoms with Crippen molar-refractivity contribution in [2.75, 3.05) is 0 Å². The third-order valence-electron chi connectivity index (χ3n) is 12.9. The van der Waals surface area contributed by atoms with E-state index in [0.717, 1.165) is 34.1 Å². The smallest absolute Gasteiger partial charge is 0.164 e. The summed E-state index contributed by atoms with van der Waals surface area (Å²) in [5, 5.41) is 9.43. The summed E-state index contributed by atoms with van der Waals surface area (Å²) in [7, 11) is 0. The van der Waals surface area contributed by atoms with Gasteiger partial charge in [-0.05, 0) is 112 Å². The monoisotopic (exact) mass is 710 g/mol. The standard InChI is InChI=1S/C51H42N4/c1-32-26-35-28-33(2)51(42(27-32)29-35)46-25-24-41(36-18-16-34(31-52)17-19-36)30-45(46)44-15-9-14-43(47(44)51)37-20-22-40(23-21-37)50-54-48(38-10-5-3-6-11-38)53-49(55-50)39-12-7-4-8-13-39/h3-25,30,32-33,35,42H,26-29H2,1-2H3. The van der Waals surface area contributed by atoms with Crippen molar-refractivity contribution < 1.29 is 0 Å². The van der Waals surface area contributed by atoms with Crippen LogP contribution in [0, 0.1) is 35.0 Å². The van der Waals surface area contributed by atoms with Gasteiger partial charge in [-0.25, -0.2) is 15.0 Å². The van der Waals surface area contributed by atoms with Crippen LogP contribution in [0.15, 0.2) is 146 Å². The first-order valence-electron chi connectivity index (χ1n) is 19.8. The van der Waals surface area contributed by atoms with E-state index >= 15 is 0 Å². The van der Waals surface area contributed by atoms with E-state index in [2.05, 4.69) is 117 Å². The molecule has 4 heteroatoms. The average Bonchev–Trinajstić information content (AvgIpc) is 3.54. The van der Waals surface area contributed by atoms with Crippen LogP contribution in [-0.2, 0) is 5.41 Å². The van der Waals surface area contributed by atoms with E-state index in [4.69, 9.17) is 15.0 Å². The Morgan fingerprint density at radius 3 is 1.71 bits per heavy atom. The van der Waals surface area contributed by atoms with Gasteiger partial charge in [0, 0.05) is 22.1 Å². The molecule has 10 rings (SSSR count). The molecule has 5 unspecified atom stereocenters. The summed E-state index contributed by atoms with van der Waals surface area (Å²) < 4.78 is 0. The molecule has 2 fully saturated rings. The average molecular weight is 711 g/mol. The molecule has 1 heterocycles. The normalized spacial score (nSPS) is 22.1. The minimum atomic E-state index is -0.0578. The Balaban J connectivity index is 1.11. The van der Waals surface area contributed by atoms with Crippen molar-refractivity contribution in [2.24, 2.45) is 23.7 Å². The van der Waals surface area contributed by atoms with Crippen LogP contribution in [0.1, 0.15) is 56.2 Å². The van der Waals surface area contributed by atoms with E-state index < -0.39 is 0 Å². The Kier molecular flexibility index (Phi) is 8.07. The Labute approximate surface area is 323 Å². The third kappa shape index (κ3) is 5.52. The summed E-state index contributed by atoms with van der Waals surface area (Å²) in [6.45, 7) is 5.02. The van der Waals surface area contributed by atoms with Crippen LogP contribution in [0.4, 0.5) is 0 Å². The van der Waals surface area contributed by atoms with Crippen LogP contribution < -0.4 is 0 Å². The molecule has 2 saturated carbocycles. The highest BCUT2D eigenvalue weighted by Gasteiger charge is 2.57. The number of rotatable bonds is 5. The van der Waals surface area contributed by atoms with Gasteiger partial charge in [-0.15, -0.1) is 0 Å². The maximum atomic E-state index is 9.43. The van der Waals surface area contributed by atoms with Gasteiger partial charge < -0.3 is 0 Å². The zero-order valence-electron chi connectivity index (χ0n) is 31.3. The largest absolute Gasteiger partial charge is 0.208 e. The molecule has 3 aliphatic carbocycles. The molecule has 5 atom stereocenters. The number of aromatic nitrogens is 3. The molecular formula is C51H42N4. The van der Waals surface area contributed by atoms with Crippen molar-refractivity contribution in [1.29, 1.82) is 5.26 Å². The van der Waals surface area contributed by atoms with Gasteiger partial charge in [0.05, 0.1) is 11.6 Å². The Morgan fingerprint density at radius 2 is 1.07 bits per heavy atom. The Hall–Kier alpha value is -6.18. The van der Waals surface area contributed by atoms with Gasteiger partial charge in [-0.3, -0.25) is 0 Å². The first-order chi connectivity index (χ1) is 27.0. The number of fused-ring (bicyclic) bond motifs is 8. The lowest BCUT2D eigenvalue weighted by molar-refractivity contribution is 0.0429. The predicted octanol–water partition coefficient (Wildman–Crippen LogP) is 12.4. The first-order valence-corrected chi connectivity index (χ1v) is 19.8. The highest BCUT2D eigenvalue weighted by molar-refractivity contribution is 5.91. The van der Waals surface area contributed by atoms with Gasteiger partial charge in [0.15, 0.2) is 17.5 Å². The van der Waals surface area contributed by atoms with Crippen LogP contribution in [-0.4, -0.2) is 15.0 Å². The molecule has 0 amide bonds. The molecule has 4 nitrogen and oxygen atoms in total. The molecule has 266 valence electrons. The zero-order chi connectivity index (χ0) is 37.1. The first kappa shape index (κ1) is 33.4. The molecule has 0 aliphatic heterocycles. The highest BCUT2D eigenvalue weighted by Crippen LogP contribution is 2.66. The van der Waals surface area contributed by atoms with E-state index in [9.17, 15) is 5.26 Å². The molecule has 3 aliphatic rings. The fourth-order valence-corrected chi connectivity index (χ4v) is 10.7. The quantitative estimate of drug-likeness (QED) is 0.178. The maximum Gasteiger partial charge on any atom is 0.164 e. The molecule has 0 saturated heterocycles. The third-order valence-corrected chi connectivity index (χ3v) is 12.9. The second-order valence-electron chi connectivity index (χ2n) is 16.2. The predicted molar refractivity (Wildman–Crippen MR) is 222 cm³/mol. The van der Waals surface area contributed by atoms with Gasteiger partial charge in [0.25, 0.3) is 0 Å². The fraction of sp³-hybridized carbons (Fsp3) is 0.216. The molecule has 0 radical (unpaired) electrons. The number of hydrogen-bond donors (Lipinski definition) is 0. The van der Waals surface area contributed by atoms with E-state index in [1.54, 1.807) is 0 Å². The van der Waals surface area contributed by atoms with Crippen molar-refractivity contribution in [1.82, 2.24) is 15.0 Å². The van der Waals surface area contributed by atoms with Crippen LogP contribution in [0.25, 0.3) is 67.5 Å². The maximum absolute atomic E-state index is 9.43. The van der Waals surface area contributed by atoms with Crippen molar-refractivity contribution in [2.45, 2.75) is 44.9 Å². The highest BCUT2D eigenvalue weighted by atomic mass is 15.0. The summed E-state index contributed by atoms with van der Waals surface area (Å²) in [6.07, 6.45) is 5.17. The number of hydrogen-bond acceptors (Lipinski definition) is 4. The topological polar surface area (TPSA) is 62.5 Å². The summed E-state index contributed by atoms with van der Waals surface area (Å²) in [5.41, 5.74) is 14.2. The van der Waals surface area contributed by atoms with Crippen molar-refractivity contribution in [3.05, 3.63) is 162 Å². The van der Waals surface area contributed by atoms with Crippen molar-refractivity contribution >= 4 is 0 Å². The lowest BCUT2D eigenvalue weighted by atomic mass is 9.49. The Bertz CT molecular complexity index is 2530. The van der Waals surface area contributed by atoms with E-state index in [1.807, 2.05) is 48.5 Å². The number of nitriles is 1. The summed E-state index contributed by atoms with van der Waals surface area (Å²) >= 11 is 0. The van der Waals surface area contributed by atoms with Gasteiger partial charge in [-0.1, -0.05) is 141 Å². The molecular weight excluding hydrogens is 669 g/mol. The molecule has 7 aromatic rings. The molecule has 2 bridgehead atoms. The van der Waals surface area contributed by atoms with Crippen LogP contribution >= 0.6 is 0 Å². The lowest BCUT2D eigenvalue weighted by Crippen LogP contribution is -2.49. The number of benzene rings is 6. The van der Waals surface area contributed by atoms with E-state index in [0.29, 0.717) is 34.9 Å². The second kappa shape index (κ2) is 13.3. The van der Waals surface area contributed by atoms with Crippen LogP contribution in [0.3, 0.4) is 0 Å². The van der Waals surface area contributed by atoms with Crippen LogP contribution in [0.2, 0.25) is 0 Å².